The average Bonchev–Trinajstić information content (AvgIpc) is 3.33. The van der Waals surface area contributed by atoms with Crippen molar-refractivity contribution in [2.24, 2.45) is 0 Å². The summed E-state index contributed by atoms with van der Waals surface area (Å²) in [5.74, 6) is 6.91. The summed E-state index contributed by atoms with van der Waals surface area (Å²) in [6.45, 7) is 0. The van der Waals surface area contributed by atoms with E-state index in [0.717, 1.165) is 12.1 Å². The summed E-state index contributed by atoms with van der Waals surface area (Å²) in [6, 6.07) is 11.8. The molecule has 2 N–H and O–H groups in total. The number of rotatable bonds is 5. The highest BCUT2D eigenvalue weighted by molar-refractivity contribution is 7.98. The number of nitrogens with two attached hydrogens (primary N) is 1. The van der Waals surface area contributed by atoms with Gasteiger partial charge in [-0.25, -0.2) is 4.68 Å². The van der Waals surface area contributed by atoms with Crippen LogP contribution in [0.4, 0.5) is 13.2 Å². The third kappa shape index (κ3) is 4.12. The summed E-state index contributed by atoms with van der Waals surface area (Å²) < 4.78 is 45.1. The van der Waals surface area contributed by atoms with Crippen LogP contribution >= 0.6 is 23.4 Å². The molecule has 0 saturated carbocycles. The van der Waals surface area contributed by atoms with Crippen LogP contribution in [0.25, 0.3) is 22.8 Å². The third-order valence-corrected chi connectivity index (χ3v) is 5.28. The largest absolute Gasteiger partial charge is 0.416 e. The van der Waals surface area contributed by atoms with Crippen LogP contribution in [0.2, 0.25) is 5.02 Å². The van der Waals surface area contributed by atoms with Gasteiger partial charge in [-0.2, -0.15) is 18.2 Å². The molecule has 0 bridgehead atoms. The van der Waals surface area contributed by atoms with Crippen molar-refractivity contribution in [2.45, 2.75) is 17.1 Å². The summed E-state index contributed by atoms with van der Waals surface area (Å²) in [5, 5.41) is 12.7. The highest BCUT2D eigenvalue weighted by atomic mass is 35.5. The molecule has 2 aromatic carbocycles. The zero-order chi connectivity index (χ0) is 21.3. The molecule has 0 amide bonds. The molecule has 0 spiro atoms. The molecular weight excluding hydrogens is 441 g/mol. The highest BCUT2D eigenvalue weighted by Crippen LogP contribution is 2.32. The molecule has 2 heterocycles. The van der Waals surface area contributed by atoms with Crippen LogP contribution in [0.15, 0.2) is 58.2 Å². The third-order valence-electron chi connectivity index (χ3n) is 4.02. The van der Waals surface area contributed by atoms with Crippen molar-refractivity contribution in [3.8, 4) is 22.8 Å². The van der Waals surface area contributed by atoms with Gasteiger partial charge in [-0.15, -0.1) is 10.2 Å². The fourth-order valence-electron chi connectivity index (χ4n) is 2.59. The summed E-state index contributed by atoms with van der Waals surface area (Å²) in [4.78, 5) is 4.14. The number of hydrogen-bond donors (Lipinski definition) is 1. The molecule has 0 radical (unpaired) electrons. The predicted molar refractivity (Wildman–Crippen MR) is 105 cm³/mol. The molecular formula is C18H12ClF3N6OS. The second kappa shape index (κ2) is 8.00. The Morgan fingerprint density at radius 1 is 1.10 bits per heavy atom. The minimum Gasteiger partial charge on any atom is -0.338 e. The fourth-order valence-corrected chi connectivity index (χ4v) is 3.51. The van der Waals surface area contributed by atoms with Gasteiger partial charge in [0.2, 0.25) is 16.9 Å². The van der Waals surface area contributed by atoms with E-state index in [4.69, 9.17) is 22.0 Å². The first-order chi connectivity index (χ1) is 14.3. The summed E-state index contributed by atoms with van der Waals surface area (Å²) in [7, 11) is 0. The van der Waals surface area contributed by atoms with E-state index in [1.54, 1.807) is 24.3 Å². The van der Waals surface area contributed by atoms with Crippen LogP contribution in [-0.4, -0.2) is 25.0 Å². The molecule has 4 aromatic rings. The van der Waals surface area contributed by atoms with E-state index in [-0.39, 0.29) is 23.0 Å². The Morgan fingerprint density at radius 3 is 2.67 bits per heavy atom. The molecule has 0 aliphatic rings. The van der Waals surface area contributed by atoms with Gasteiger partial charge in [0.25, 0.3) is 0 Å². The topological polar surface area (TPSA) is 95.7 Å². The monoisotopic (exact) mass is 452 g/mol. The second-order valence-corrected chi connectivity index (χ2v) is 7.38. The number of benzene rings is 2. The van der Waals surface area contributed by atoms with Crippen LogP contribution in [0.5, 0.6) is 0 Å². The van der Waals surface area contributed by atoms with Crippen molar-refractivity contribution in [3.63, 3.8) is 0 Å². The van der Waals surface area contributed by atoms with Gasteiger partial charge in [0, 0.05) is 11.1 Å². The Kier molecular flexibility index (Phi) is 5.39. The lowest BCUT2D eigenvalue weighted by Gasteiger charge is -2.06. The Labute approximate surface area is 177 Å². The minimum atomic E-state index is -4.46. The van der Waals surface area contributed by atoms with E-state index < -0.39 is 11.7 Å². The van der Waals surface area contributed by atoms with Crippen molar-refractivity contribution in [1.29, 1.82) is 0 Å². The first-order valence-corrected chi connectivity index (χ1v) is 9.77. The number of nitrogen functional groups attached to an aromatic ring is 1. The van der Waals surface area contributed by atoms with E-state index in [1.807, 2.05) is 0 Å². The van der Waals surface area contributed by atoms with Crippen molar-refractivity contribution >= 4 is 23.4 Å². The van der Waals surface area contributed by atoms with Crippen LogP contribution < -0.4 is 5.84 Å². The van der Waals surface area contributed by atoms with E-state index in [1.165, 1.54) is 28.6 Å². The Balaban J connectivity index is 1.49. The molecule has 0 saturated heterocycles. The standard InChI is InChI=1S/C18H12ClF3N6OS/c19-13-7-2-1-6-12(13)16-25-26-17(28(16)23)30-9-14-24-15(27-29-14)10-4-3-5-11(8-10)18(20,21)22/h1-8H,9,23H2. The number of halogens is 4. The lowest BCUT2D eigenvalue weighted by molar-refractivity contribution is -0.137. The number of hydrogen-bond acceptors (Lipinski definition) is 7. The maximum Gasteiger partial charge on any atom is 0.416 e. The molecule has 0 fully saturated rings. The Hall–Kier alpha value is -3.05. The van der Waals surface area contributed by atoms with Crippen LogP contribution in [-0.2, 0) is 11.9 Å². The second-order valence-electron chi connectivity index (χ2n) is 6.03. The van der Waals surface area contributed by atoms with Gasteiger partial charge in [0.05, 0.1) is 16.3 Å². The van der Waals surface area contributed by atoms with Crippen LogP contribution in [0.1, 0.15) is 11.5 Å². The van der Waals surface area contributed by atoms with Gasteiger partial charge in [-0.1, -0.05) is 52.8 Å². The summed E-state index contributed by atoms with van der Waals surface area (Å²) >= 11 is 7.35. The van der Waals surface area contributed by atoms with Crippen molar-refractivity contribution in [3.05, 3.63) is 65.0 Å². The average molecular weight is 453 g/mol. The molecule has 0 aliphatic heterocycles. The van der Waals surface area contributed by atoms with Crippen LogP contribution in [0.3, 0.4) is 0 Å². The first kappa shape index (κ1) is 20.2. The quantitative estimate of drug-likeness (QED) is 0.347. The molecule has 0 aliphatic carbocycles. The normalized spacial score (nSPS) is 11.7. The zero-order valence-corrected chi connectivity index (χ0v) is 16.5. The molecule has 30 heavy (non-hydrogen) atoms. The van der Waals surface area contributed by atoms with Gasteiger partial charge in [0.1, 0.15) is 0 Å². The number of nitrogens with zero attached hydrogens (tertiary/aromatic N) is 5. The maximum absolute atomic E-state index is 12.9. The number of aromatic nitrogens is 5. The molecule has 4 rings (SSSR count). The lowest BCUT2D eigenvalue weighted by atomic mass is 10.1. The Bertz CT molecular complexity index is 1190. The zero-order valence-electron chi connectivity index (χ0n) is 15.0. The molecule has 0 unspecified atom stereocenters. The van der Waals surface area contributed by atoms with Gasteiger partial charge in [-0.05, 0) is 24.3 Å². The van der Waals surface area contributed by atoms with E-state index in [0.29, 0.717) is 21.6 Å². The van der Waals surface area contributed by atoms with Crippen LogP contribution in [0, 0.1) is 0 Å². The first-order valence-electron chi connectivity index (χ1n) is 8.41. The molecule has 0 atom stereocenters. The smallest absolute Gasteiger partial charge is 0.338 e. The van der Waals surface area contributed by atoms with E-state index >= 15 is 0 Å². The predicted octanol–water partition coefficient (Wildman–Crippen LogP) is 4.67. The number of thioether (sulfide) groups is 1. The summed E-state index contributed by atoms with van der Waals surface area (Å²) in [6.07, 6.45) is -4.46. The van der Waals surface area contributed by atoms with Crippen molar-refractivity contribution in [2.75, 3.05) is 5.84 Å². The molecule has 7 nitrogen and oxygen atoms in total. The van der Waals surface area contributed by atoms with Crippen molar-refractivity contribution < 1.29 is 17.7 Å². The highest BCUT2D eigenvalue weighted by Gasteiger charge is 2.30. The maximum atomic E-state index is 12.9. The molecule has 12 heteroatoms. The van der Waals surface area contributed by atoms with Gasteiger partial charge in [0.15, 0.2) is 5.82 Å². The van der Waals surface area contributed by atoms with E-state index in [9.17, 15) is 13.2 Å². The minimum absolute atomic E-state index is 0.0580. The fraction of sp³-hybridized carbons (Fsp3) is 0.111. The SMILES string of the molecule is Nn1c(SCc2nc(-c3cccc(C(F)(F)F)c3)no2)nnc1-c1ccccc1Cl. The summed E-state index contributed by atoms with van der Waals surface area (Å²) in [5.41, 5.74) is 0.0440. The van der Waals surface area contributed by atoms with Gasteiger partial charge >= 0.3 is 6.18 Å². The van der Waals surface area contributed by atoms with Gasteiger partial charge < -0.3 is 10.4 Å². The lowest BCUT2D eigenvalue weighted by Crippen LogP contribution is -2.11. The number of alkyl halides is 3. The van der Waals surface area contributed by atoms with Crippen molar-refractivity contribution in [1.82, 2.24) is 25.0 Å². The molecule has 154 valence electrons. The van der Waals surface area contributed by atoms with E-state index in [2.05, 4.69) is 20.3 Å². The Morgan fingerprint density at radius 2 is 1.90 bits per heavy atom. The molecule has 2 aromatic heterocycles. The van der Waals surface area contributed by atoms with Gasteiger partial charge in [-0.3, -0.25) is 0 Å².